The van der Waals surface area contributed by atoms with Gasteiger partial charge < -0.3 is 20.5 Å². The summed E-state index contributed by atoms with van der Waals surface area (Å²) in [6, 6.07) is 16.4. The van der Waals surface area contributed by atoms with E-state index >= 15 is 0 Å². The first-order valence-corrected chi connectivity index (χ1v) is 12.2. The Kier molecular flexibility index (Phi) is 6.88. The minimum absolute atomic E-state index is 0.0226. The summed E-state index contributed by atoms with van der Waals surface area (Å²) in [5, 5.41) is 14.8. The van der Waals surface area contributed by atoms with Crippen molar-refractivity contribution >= 4 is 18.0 Å². The van der Waals surface area contributed by atoms with Crippen molar-refractivity contribution in [1.82, 2.24) is 10.6 Å². The van der Waals surface area contributed by atoms with Crippen LogP contribution in [0.4, 0.5) is 4.79 Å². The van der Waals surface area contributed by atoms with E-state index in [1.54, 1.807) is 13.8 Å². The van der Waals surface area contributed by atoms with E-state index in [4.69, 9.17) is 9.84 Å². The lowest BCUT2D eigenvalue weighted by Crippen LogP contribution is -2.53. The number of benzene rings is 2. The van der Waals surface area contributed by atoms with Crippen LogP contribution in [0.2, 0.25) is 0 Å². The Hall–Kier alpha value is -3.35. The van der Waals surface area contributed by atoms with Crippen molar-refractivity contribution in [1.29, 1.82) is 0 Å². The van der Waals surface area contributed by atoms with Gasteiger partial charge in [0.1, 0.15) is 6.61 Å². The monoisotopic (exact) mass is 478 g/mol. The molecule has 1 atom stereocenters. The summed E-state index contributed by atoms with van der Waals surface area (Å²) in [4.78, 5) is 36.6. The van der Waals surface area contributed by atoms with Gasteiger partial charge in [-0.1, -0.05) is 48.5 Å². The highest BCUT2D eigenvalue weighted by atomic mass is 16.5. The molecule has 4 rings (SSSR count). The van der Waals surface area contributed by atoms with Gasteiger partial charge >= 0.3 is 12.1 Å². The van der Waals surface area contributed by atoms with Crippen LogP contribution in [0.1, 0.15) is 69.9 Å². The summed E-state index contributed by atoms with van der Waals surface area (Å²) in [6.45, 7) is 5.72. The molecule has 0 heterocycles. The molecule has 0 spiro atoms. The second-order valence-electron chi connectivity index (χ2n) is 10.6. The van der Waals surface area contributed by atoms with Gasteiger partial charge in [0.2, 0.25) is 5.91 Å². The van der Waals surface area contributed by atoms with Crippen LogP contribution in [0.25, 0.3) is 11.1 Å². The third-order valence-electron chi connectivity index (χ3n) is 7.18. The summed E-state index contributed by atoms with van der Waals surface area (Å²) < 4.78 is 5.71. The fourth-order valence-electron chi connectivity index (χ4n) is 5.12. The van der Waals surface area contributed by atoms with Gasteiger partial charge in [-0.15, -0.1) is 0 Å². The molecule has 1 saturated carbocycles. The van der Waals surface area contributed by atoms with Crippen LogP contribution in [-0.4, -0.2) is 40.8 Å². The molecule has 2 amide bonds. The maximum Gasteiger partial charge on any atom is 0.407 e. The van der Waals surface area contributed by atoms with Crippen LogP contribution in [0.15, 0.2) is 48.5 Å². The molecule has 2 aliphatic rings. The highest BCUT2D eigenvalue weighted by molar-refractivity contribution is 5.80. The Morgan fingerprint density at radius 3 is 2.06 bits per heavy atom. The molecule has 2 aromatic rings. The molecule has 0 bridgehead atoms. The number of rotatable bonds is 10. The third-order valence-corrected chi connectivity index (χ3v) is 7.18. The van der Waals surface area contributed by atoms with Gasteiger partial charge in [-0.2, -0.15) is 0 Å². The normalized spacial score (nSPS) is 16.5. The molecule has 1 fully saturated rings. The van der Waals surface area contributed by atoms with Gasteiger partial charge in [-0.25, -0.2) is 4.79 Å². The highest BCUT2D eigenvalue weighted by Gasteiger charge is 2.45. The van der Waals surface area contributed by atoms with E-state index in [1.807, 2.05) is 31.2 Å². The molecule has 0 aromatic heterocycles. The van der Waals surface area contributed by atoms with Crippen molar-refractivity contribution in [2.75, 3.05) is 6.61 Å². The van der Waals surface area contributed by atoms with Crippen LogP contribution in [0.5, 0.6) is 0 Å². The average molecular weight is 479 g/mol. The van der Waals surface area contributed by atoms with Crippen molar-refractivity contribution in [3.63, 3.8) is 0 Å². The van der Waals surface area contributed by atoms with Gasteiger partial charge in [0.05, 0.1) is 5.54 Å². The van der Waals surface area contributed by atoms with E-state index in [0.717, 1.165) is 24.0 Å². The number of fused-ring (bicyclic) bond motifs is 3. The molecule has 3 N–H and O–H groups in total. The Morgan fingerprint density at radius 2 is 1.51 bits per heavy atom. The van der Waals surface area contributed by atoms with Crippen molar-refractivity contribution in [2.45, 2.75) is 69.9 Å². The summed E-state index contributed by atoms with van der Waals surface area (Å²) >= 11 is 0. The third kappa shape index (κ3) is 5.84. The Balaban J connectivity index is 1.37. The quantitative estimate of drug-likeness (QED) is 0.453. The number of hydrogen-bond acceptors (Lipinski definition) is 4. The van der Waals surface area contributed by atoms with Gasteiger partial charge in [-0.3, -0.25) is 9.59 Å². The lowest BCUT2D eigenvalue weighted by Gasteiger charge is -2.33. The second kappa shape index (κ2) is 9.72. The van der Waals surface area contributed by atoms with Gasteiger partial charge in [0, 0.05) is 24.3 Å². The smallest absolute Gasteiger partial charge is 0.407 e. The number of carboxylic acids is 1. The Bertz CT molecular complexity index is 1080. The van der Waals surface area contributed by atoms with E-state index in [2.05, 4.69) is 34.9 Å². The summed E-state index contributed by atoms with van der Waals surface area (Å²) in [7, 11) is 0. The molecule has 0 radical (unpaired) electrons. The largest absolute Gasteiger partial charge is 0.481 e. The van der Waals surface area contributed by atoms with Crippen LogP contribution >= 0.6 is 0 Å². The molecule has 35 heavy (non-hydrogen) atoms. The molecule has 0 aliphatic heterocycles. The second-order valence-corrected chi connectivity index (χ2v) is 10.6. The molecule has 2 aromatic carbocycles. The first-order chi connectivity index (χ1) is 16.6. The number of carbonyl (C=O) groups excluding carboxylic acids is 2. The number of ether oxygens (including phenoxy) is 1. The molecular formula is C28H34N2O5. The van der Waals surface area contributed by atoms with Gasteiger partial charge in [0.25, 0.3) is 0 Å². The minimum atomic E-state index is -0.896. The predicted molar refractivity (Wildman–Crippen MR) is 133 cm³/mol. The molecule has 1 unspecified atom stereocenters. The van der Waals surface area contributed by atoms with Crippen LogP contribution in [0, 0.1) is 5.92 Å². The molecule has 7 heteroatoms. The zero-order chi connectivity index (χ0) is 25.2. The standard InChI is InChI=1S/C28H34N2O5/c1-27(2,15-14-25(32)33)29-24(31)16-28(3,18-12-13-18)30-26(34)35-17-23-21-10-6-4-8-19(21)20-9-5-7-11-22(20)23/h4-11,18,23H,12-17H2,1-3H3,(H,29,31)(H,30,34)(H,32,33). The van der Waals surface area contributed by atoms with Crippen LogP contribution < -0.4 is 10.6 Å². The molecule has 2 aliphatic carbocycles. The van der Waals surface area contributed by atoms with Crippen LogP contribution in [-0.2, 0) is 14.3 Å². The van der Waals surface area contributed by atoms with Gasteiger partial charge in [-0.05, 0) is 68.2 Å². The summed E-state index contributed by atoms with van der Waals surface area (Å²) in [5.41, 5.74) is 3.26. The Labute approximate surface area is 206 Å². The van der Waals surface area contributed by atoms with Crippen molar-refractivity contribution < 1.29 is 24.2 Å². The lowest BCUT2D eigenvalue weighted by molar-refractivity contribution is -0.138. The van der Waals surface area contributed by atoms with Crippen molar-refractivity contribution in [2.24, 2.45) is 5.92 Å². The maximum absolute atomic E-state index is 12.9. The van der Waals surface area contributed by atoms with E-state index in [9.17, 15) is 14.4 Å². The highest BCUT2D eigenvalue weighted by Crippen LogP contribution is 2.45. The molecular weight excluding hydrogens is 444 g/mol. The fraction of sp³-hybridized carbons (Fsp3) is 0.464. The molecule has 7 nitrogen and oxygen atoms in total. The summed E-state index contributed by atoms with van der Waals surface area (Å²) in [6.07, 6.45) is 1.77. The topological polar surface area (TPSA) is 105 Å². The van der Waals surface area contributed by atoms with Crippen molar-refractivity contribution in [3.8, 4) is 11.1 Å². The number of nitrogens with one attached hydrogen (secondary N) is 2. The minimum Gasteiger partial charge on any atom is -0.481 e. The van der Waals surface area contributed by atoms with E-state index in [1.165, 1.54) is 11.1 Å². The first kappa shape index (κ1) is 24.8. The predicted octanol–water partition coefficient (Wildman–Crippen LogP) is 4.84. The van der Waals surface area contributed by atoms with E-state index < -0.39 is 23.1 Å². The molecule has 0 saturated heterocycles. The zero-order valence-corrected chi connectivity index (χ0v) is 20.6. The number of aliphatic carboxylic acids is 1. The number of carbonyl (C=O) groups is 3. The van der Waals surface area contributed by atoms with Crippen LogP contribution in [0.3, 0.4) is 0 Å². The first-order valence-electron chi connectivity index (χ1n) is 12.2. The SMILES string of the molecule is CC(C)(CCC(=O)O)NC(=O)CC(C)(NC(=O)OCC1c2ccccc2-c2ccccc21)C1CC1. The molecule has 186 valence electrons. The Morgan fingerprint density at radius 1 is 0.943 bits per heavy atom. The lowest BCUT2D eigenvalue weighted by atomic mass is 9.90. The van der Waals surface area contributed by atoms with Crippen molar-refractivity contribution in [3.05, 3.63) is 59.7 Å². The fourth-order valence-corrected chi connectivity index (χ4v) is 5.12. The van der Waals surface area contributed by atoms with Gasteiger partial charge in [0.15, 0.2) is 0 Å². The zero-order valence-electron chi connectivity index (χ0n) is 20.6. The number of alkyl carbamates (subject to hydrolysis) is 1. The summed E-state index contributed by atoms with van der Waals surface area (Å²) in [5.74, 6) is -0.935. The maximum atomic E-state index is 12.9. The van der Waals surface area contributed by atoms with E-state index in [0.29, 0.717) is 6.42 Å². The number of hydrogen-bond donors (Lipinski definition) is 3. The average Bonchev–Trinajstić information content (AvgIpc) is 3.60. The number of amides is 2. The van der Waals surface area contributed by atoms with E-state index in [-0.39, 0.29) is 37.2 Å². The number of carboxylic acid groups (broad SMARTS) is 1.